The van der Waals surface area contributed by atoms with Crippen molar-refractivity contribution < 1.29 is 46.4 Å². The molecule has 10 nitrogen and oxygen atoms in total. The number of ether oxygens (including phenoxy) is 7. The van der Waals surface area contributed by atoms with Crippen molar-refractivity contribution in [3.05, 3.63) is 78.9 Å². The van der Waals surface area contributed by atoms with Crippen molar-refractivity contribution in [3.63, 3.8) is 0 Å². The molecule has 1 aromatic carbocycles. The van der Waals surface area contributed by atoms with Crippen LogP contribution in [0.25, 0.3) is 0 Å². The van der Waals surface area contributed by atoms with Crippen molar-refractivity contribution in [3.8, 4) is 5.75 Å². The molecule has 480 valence electrons. The monoisotopic (exact) mass is 1220 g/mol. The lowest BCUT2D eigenvalue weighted by Gasteiger charge is -2.54. The average Bonchev–Trinajstić information content (AvgIpc) is 1.60. The molecule has 0 spiro atoms. The van der Waals surface area contributed by atoms with Gasteiger partial charge in [0.25, 0.3) is 0 Å². The Hall–Kier alpha value is -1.73. The van der Waals surface area contributed by atoms with Crippen LogP contribution in [0, 0.1) is 29.6 Å². The van der Waals surface area contributed by atoms with Crippen LogP contribution in [0.2, 0.25) is 54.4 Å². The Balaban J connectivity index is 1.13. The fraction of sp³-hybridized carbons (Fsp3) is 0.803. The summed E-state index contributed by atoms with van der Waals surface area (Å²) in [5, 5.41) is 0.0135. The van der Waals surface area contributed by atoms with E-state index in [1.54, 1.807) is 7.11 Å². The third-order valence-electron chi connectivity index (χ3n) is 21.7. The molecule has 0 saturated carbocycles. The molecule has 1 aromatic rings. The van der Waals surface area contributed by atoms with E-state index in [1.807, 2.05) is 18.2 Å². The third-order valence-corrected chi connectivity index (χ3v) is 35.2. The molecule has 0 amide bonds. The van der Waals surface area contributed by atoms with Crippen molar-refractivity contribution >= 4 is 25.0 Å². The van der Waals surface area contributed by atoms with Gasteiger partial charge in [-0.2, -0.15) is 0 Å². The predicted molar refractivity (Wildman–Crippen MR) is 356 cm³/mol. The molecule has 0 bridgehead atoms. The van der Waals surface area contributed by atoms with E-state index in [0.717, 1.165) is 87.5 Å². The quantitative estimate of drug-likeness (QED) is 0.0660. The second-order valence-corrected chi connectivity index (χ2v) is 45.8. The summed E-state index contributed by atoms with van der Waals surface area (Å²) in [5.41, 5.74) is 3.47. The Morgan fingerprint density at radius 3 is 1.87 bits per heavy atom. The molecule has 19 atom stereocenters. The number of rotatable bonds is 26. The minimum atomic E-state index is -2.34. The van der Waals surface area contributed by atoms with Gasteiger partial charge in [-0.25, -0.2) is 0 Å². The van der Waals surface area contributed by atoms with Crippen molar-refractivity contribution in [2.45, 2.75) is 327 Å². The van der Waals surface area contributed by atoms with E-state index >= 15 is 0 Å². The molecule has 3 unspecified atom stereocenters. The SMILES string of the molecule is C=CCC[C@@H]1O[C@@H]([C@H](/C=C/C(C)CC[C@H]2CC(=C)C(CC[C@H]3C[C@@H](C)C(=C)C(C[C@@H]4O[C@H]5C[C@@H](C)[C@@H](CCC)O[C@H]5[C@H](C)[C@H]4OCc4ccc(OC)cc4)O3)O2)O[Si](C)(C)C(C)(C)C)[C@@H](O[Si](C)(C)C(C)(C)C)[C@@H](O[Si](C)(C)C(C)(C)C)[C@H]1C. The fourth-order valence-corrected chi connectivity index (χ4v) is 16.8. The highest BCUT2D eigenvalue weighted by molar-refractivity contribution is 6.75. The zero-order valence-electron chi connectivity index (χ0n) is 57.4. The standard InChI is InChI=1S/C71H124O10Si3/c1-26-28-30-59-51(8)66(80-83(22,23)70(13,14)15)68(81-84(24,25)71(16,17)18)67(78-59)60(79-82(20,21)69(10,11)12)39-32-46(3)31-35-55-42-48(5)58(74-55)40-38-56-41-47(4)50(7)61(75-56)44-63-64(73-45-53-33-36-54(72-19)37-34-53)52(9)65-62(76-63)43-49(6)57(77-65)29-27-2/h26,32-34,36-37,39,46-47,49,51-52,55-68H,1,5,7,27-31,35,38,40-45H2,2-4,6,8-25H3/b39-32+/t46?,47-,49-,51+,52-,55+,56+,57-,58?,59+,60+,61?,62+,63+,64-,65+,66+,67+,68+/m1/s1. The highest BCUT2D eigenvalue weighted by Crippen LogP contribution is 2.48. The minimum absolute atomic E-state index is 0.00595. The van der Waals surface area contributed by atoms with Gasteiger partial charge in [0.15, 0.2) is 25.0 Å². The number of hydrogen-bond acceptors (Lipinski definition) is 10. The maximum atomic E-state index is 7.68. The number of hydrogen-bond donors (Lipinski definition) is 0. The van der Waals surface area contributed by atoms with Crippen LogP contribution in [0.15, 0.2) is 73.4 Å². The summed E-state index contributed by atoms with van der Waals surface area (Å²) in [7, 11) is -5.22. The first-order valence-electron chi connectivity index (χ1n) is 33.2. The van der Waals surface area contributed by atoms with Gasteiger partial charge in [-0.15, -0.1) is 6.58 Å². The van der Waals surface area contributed by atoms with E-state index in [9.17, 15) is 0 Å². The lowest BCUT2D eigenvalue weighted by molar-refractivity contribution is -0.269. The van der Waals surface area contributed by atoms with Crippen molar-refractivity contribution in [1.29, 1.82) is 0 Å². The molecule has 0 aliphatic carbocycles. The molecule has 5 aliphatic heterocycles. The molecule has 5 aliphatic rings. The van der Waals surface area contributed by atoms with E-state index in [2.05, 4.69) is 187 Å². The van der Waals surface area contributed by atoms with Crippen LogP contribution < -0.4 is 4.74 Å². The normalized spacial score (nSPS) is 34.0. The lowest BCUT2D eigenvalue weighted by Crippen LogP contribution is -2.65. The molecule has 0 radical (unpaired) electrons. The van der Waals surface area contributed by atoms with E-state index in [1.165, 1.54) is 5.57 Å². The van der Waals surface area contributed by atoms with Gasteiger partial charge in [-0.3, -0.25) is 0 Å². The maximum Gasteiger partial charge on any atom is 0.193 e. The van der Waals surface area contributed by atoms with Crippen molar-refractivity contribution in [2.24, 2.45) is 29.6 Å². The second kappa shape index (κ2) is 29.5. The highest BCUT2D eigenvalue weighted by Gasteiger charge is 2.56. The lowest BCUT2D eigenvalue weighted by atomic mass is 9.78. The summed E-state index contributed by atoms with van der Waals surface area (Å²) < 4.78 is 70.8. The molecule has 6 rings (SSSR count). The fourth-order valence-electron chi connectivity index (χ4n) is 12.8. The van der Waals surface area contributed by atoms with Crippen LogP contribution in [0.5, 0.6) is 5.75 Å². The first kappa shape index (κ1) is 71.3. The molecule has 0 N–H and O–H groups in total. The molecule has 0 aromatic heterocycles. The summed E-state index contributed by atoms with van der Waals surface area (Å²) in [6.45, 7) is 63.0. The predicted octanol–water partition coefficient (Wildman–Crippen LogP) is 18.3. The average molecular weight is 1220 g/mol. The topological polar surface area (TPSA) is 92.3 Å². The van der Waals surface area contributed by atoms with E-state index in [4.69, 9.17) is 46.4 Å². The van der Waals surface area contributed by atoms with Crippen LogP contribution >= 0.6 is 0 Å². The Morgan fingerprint density at radius 1 is 0.655 bits per heavy atom. The highest BCUT2D eigenvalue weighted by atomic mass is 28.4. The third kappa shape index (κ3) is 18.0. The zero-order valence-corrected chi connectivity index (χ0v) is 60.4. The first-order chi connectivity index (χ1) is 39.0. The van der Waals surface area contributed by atoms with Gasteiger partial charge in [-0.1, -0.05) is 154 Å². The molecule has 5 heterocycles. The molecule has 13 heteroatoms. The van der Waals surface area contributed by atoms with Gasteiger partial charge >= 0.3 is 0 Å². The Morgan fingerprint density at radius 2 is 1.27 bits per heavy atom. The smallest absolute Gasteiger partial charge is 0.193 e. The molecule has 84 heavy (non-hydrogen) atoms. The minimum Gasteiger partial charge on any atom is -0.497 e. The molecule has 5 saturated heterocycles. The summed E-state index contributed by atoms with van der Waals surface area (Å²) in [6.07, 6.45) is 16.9. The second-order valence-electron chi connectivity index (χ2n) is 31.5. The van der Waals surface area contributed by atoms with Gasteiger partial charge in [-0.05, 0) is 165 Å². The molecular weight excluding hydrogens is 1100 g/mol. The van der Waals surface area contributed by atoms with Crippen molar-refractivity contribution in [1.82, 2.24) is 0 Å². The van der Waals surface area contributed by atoms with Gasteiger partial charge in [0.05, 0.1) is 93.1 Å². The van der Waals surface area contributed by atoms with Crippen LogP contribution in [-0.4, -0.2) is 118 Å². The number of benzene rings is 1. The number of methoxy groups -OCH3 is 1. The summed E-state index contributed by atoms with van der Waals surface area (Å²) >= 11 is 0. The van der Waals surface area contributed by atoms with Crippen molar-refractivity contribution in [2.75, 3.05) is 7.11 Å². The summed E-state index contributed by atoms with van der Waals surface area (Å²) in [6, 6.07) is 8.17. The van der Waals surface area contributed by atoms with E-state index in [0.29, 0.717) is 24.9 Å². The van der Waals surface area contributed by atoms with Crippen LogP contribution in [0.1, 0.15) is 186 Å². The maximum absolute atomic E-state index is 7.68. The first-order valence-corrected chi connectivity index (χ1v) is 41.9. The summed E-state index contributed by atoms with van der Waals surface area (Å²) in [4.78, 5) is 0. The van der Waals surface area contributed by atoms with Crippen LogP contribution in [-0.2, 0) is 48.3 Å². The van der Waals surface area contributed by atoms with Crippen LogP contribution in [0.3, 0.4) is 0 Å². The molecular formula is C71H124O10Si3. The van der Waals surface area contributed by atoms with Gasteiger partial charge in [0.1, 0.15) is 11.9 Å². The Labute approximate surface area is 517 Å². The Bertz CT molecular complexity index is 2280. The summed E-state index contributed by atoms with van der Waals surface area (Å²) in [5.74, 6) is 2.17. The molecule has 5 fully saturated rings. The van der Waals surface area contributed by atoms with E-state index in [-0.39, 0.29) is 118 Å². The van der Waals surface area contributed by atoms with E-state index < -0.39 is 25.0 Å². The zero-order chi connectivity index (χ0) is 62.5. The largest absolute Gasteiger partial charge is 0.497 e. The van der Waals surface area contributed by atoms with Gasteiger partial charge in [0.2, 0.25) is 0 Å². The Kier molecular flexibility index (Phi) is 25.0. The van der Waals surface area contributed by atoms with Gasteiger partial charge < -0.3 is 46.4 Å². The number of allylic oxidation sites excluding steroid dienone is 2. The number of fused-ring (bicyclic) bond motifs is 1. The van der Waals surface area contributed by atoms with Gasteiger partial charge in [0, 0.05) is 18.3 Å². The van der Waals surface area contributed by atoms with Crippen LogP contribution in [0.4, 0.5) is 0 Å².